The molecule has 2 atom stereocenters. The zero-order valence-corrected chi connectivity index (χ0v) is 41.6. The first-order chi connectivity index (χ1) is 30.5. The van der Waals surface area contributed by atoms with Gasteiger partial charge in [0.1, 0.15) is 0 Å². The Morgan fingerprint density at radius 3 is 1.23 bits per heavy atom. The molecule has 0 spiro atoms. The van der Waals surface area contributed by atoms with Crippen LogP contribution in [0.3, 0.4) is 0 Å². The Morgan fingerprint density at radius 2 is 0.806 bits per heavy atom. The number of carbonyl (C=O) groups excluding carboxylic acids is 2. The summed E-state index contributed by atoms with van der Waals surface area (Å²) in [4.78, 5) is 24.4. The Labute approximate surface area is 386 Å². The largest absolute Gasteiger partial charge is 0.465 e. The fourth-order valence-corrected chi connectivity index (χ4v) is 8.54. The summed E-state index contributed by atoms with van der Waals surface area (Å²) < 4.78 is 5.41. The lowest BCUT2D eigenvalue weighted by Gasteiger charge is -2.22. The van der Waals surface area contributed by atoms with Crippen LogP contribution in [0.4, 0.5) is 0 Å². The van der Waals surface area contributed by atoms with Gasteiger partial charge < -0.3 is 20.3 Å². The first-order valence-electron chi connectivity index (χ1n) is 27.6. The number of ether oxygens (including phenoxy) is 1. The Kier molecular flexibility index (Phi) is 50.6. The highest BCUT2D eigenvalue weighted by Gasteiger charge is 2.20. The third-order valence-corrected chi connectivity index (χ3v) is 12.8. The number of esters is 1. The molecule has 0 aromatic rings. The second-order valence-corrected chi connectivity index (χ2v) is 18.9. The normalized spacial score (nSPS) is 12.8. The summed E-state index contributed by atoms with van der Waals surface area (Å²) in [7, 11) is 0. The van der Waals surface area contributed by atoms with Gasteiger partial charge in [-0.3, -0.25) is 9.59 Å². The Hall–Kier alpha value is -1.66. The van der Waals surface area contributed by atoms with E-state index >= 15 is 0 Å². The van der Waals surface area contributed by atoms with Gasteiger partial charge in [-0.1, -0.05) is 263 Å². The summed E-state index contributed by atoms with van der Waals surface area (Å²) in [5, 5.41) is 23.2. The van der Waals surface area contributed by atoms with Gasteiger partial charge in [0, 0.05) is 12.8 Å². The number of hydrogen-bond acceptors (Lipinski definition) is 5. The fourth-order valence-electron chi connectivity index (χ4n) is 8.54. The van der Waals surface area contributed by atoms with E-state index in [9.17, 15) is 19.8 Å². The van der Waals surface area contributed by atoms with Gasteiger partial charge in [0.2, 0.25) is 5.91 Å². The smallest absolute Gasteiger partial charge is 0.305 e. The summed E-state index contributed by atoms with van der Waals surface area (Å²) >= 11 is 0. The molecule has 0 saturated carbocycles. The second-order valence-electron chi connectivity index (χ2n) is 18.9. The van der Waals surface area contributed by atoms with Gasteiger partial charge >= 0.3 is 5.97 Å². The summed E-state index contributed by atoms with van der Waals surface area (Å²) in [6.45, 7) is 4.84. The third-order valence-electron chi connectivity index (χ3n) is 12.8. The van der Waals surface area contributed by atoms with Gasteiger partial charge in [0.15, 0.2) is 0 Å². The van der Waals surface area contributed by atoms with Crippen LogP contribution in [0.1, 0.15) is 296 Å². The number of carbonyl (C=O) groups is 2. The quantitative estimate of drug-likeness (QED) is 0.0321. The molecule has 0 saturated heterocycles. The maximum absolute atomic E-state index is 12.4. The molecule has 366 valence electrons. The molecule has 0 heterocycles. The first kappa shape index (κ1) is 60.3. The van der Waals surface area contributed by atoms with Crippen LogP contribution in [0.25, 0.3) is 0 Å². The highest BCUT2D eigenvalue weighted by Crippen LogP contribution is 2.17. The number of unbranched alkanes of at least 4 members (excludes halogenated alkanes) is 36. The zero-order chi connectivity index (χ0) is 45.1. The molecule has 2 unspecified atom stereocenters. The molecule has 0 aromatic carbocycles. The number of amides is 1. The lowest BCUT2D eigenvalue weighted by Crippen LogP contribution is -2.45. The monoisotopic (exact) mass is 874 g/mol. The molecule has 0 aliphatic heterocycles. The van der Waals surface area contributed by atoms with Crippen LogP contribution in [-0.2, 0) is 14.3 Å². The summed E-state index contributed by atoms with van der Waals surface area (Å²) in [6.07, 6.45) is 61.8. The van der Waals surface area contributed by atoms with Gasteiger partial charge in [-0.25, -0.2) is 0 Å². The van der Waals surface area contributed by atoms with Crippen molar-refractivity contribution < 1.29 is 24.5 Å². The lowest BCUT2D eigenvalue weighted by molar-refractivity contribution is -0.143. The van der Waals surface area contributed by atoms with Gasteiger partial charge in [0.25, 0.3) is 0 Å². The van der Waals surface area contributed by atoms with Crippen molar-refractivity contribution in [3.8, 4) is 0 Å². The van der Waals surface area contributed by atoms with E-state index in [1.807, 2.05) is 0 Å². The van der Waals surface area contributed by atoms with Gasteiger partial charge in [0.05, 0.1) is 25.4 Å². The van der Waals surface area contributed by atoms with Gasteiger partial charge in [-0.05, 0) is 44.9 Å². The Bertz CT molecular complexity index is 966. The van der Waals surface area contributed by atoms with Crippen molar-refractivity contribution in [2.75, 3.05) is 13.2 Å². The van der Waals surface area contributed by atoms with E-state index in [0.717, 1.165) is 51.4 Å². The molecule has 1 amide bonds. The first-order valence-corrected chi connectivity index (χ1v) is 27.6. The second kappa shape index (κ2) is 52.0. The molecule has 0 aliphatic carbocycles. The maximum atomic E-state index is 12.4. The molecule has 0 rings (SSSR count). The predicted molar refractivity (Wildman–Crippen MR) is 269 cm³/mol. The average molecular weight is 874 g/mol. The molecule has 6 nitrogen and oxygen atoms in total. The van der Waals surface area contributed by atoms with Crippen molar-refractivity contribution in [2.24, 2.45) is 0 Å². The minimum atomic E-state index is -0.665. The highest BCUT2D eigenvalue weighted by molar-refractivity contribution is 5.76. The summed E-state index contributed by atoms with van der Waals surface area (Å²) in [5.74, 6) is -0.0742. The van der Waals surface area contributed by atoms with E-state index in [-0.39, 0.29) is 18.5 Å². The highest BCUT2D eigenvalue weighted by atomic mass is 16.5. The number of rotatable bonds is 51. The van der Waals surface area contributed by atoms with Crippen molar-refractivity contribution >= 4 is 11.9 Å². The van der Waals surface area contributed by atoms with Crippen molar-refractivity contribution in [2.45, 2.75) is 309 Å². The molecule has 6 heteroatoms. The number of hydrogen-bond donors (Lipinski definition) is 3. The van der Waals surface area contributed by atoms with Crippen LogP contribution in [0, 0.1) is 0 Å². The zero-order valence-electron chi connectivity index (χ0n) is 41.6. The van der Waals surface area contributed by atoms with Gasteiger partial charge in [-0.2, -0.15) is 0 Å². The van der Waals surface area contributed by atoms with Crippen LogP contribution in [0.2, 0.25) is 0 Å². The van der Waals surface area contributed by atoms with E-state index in [2.05, 4.69) is 43.5 Å². The molecule has 62 heavy (non-hydrogen) atoms. The van der Waals surface area contributed by atoms with Crippen LogP contribution >= 0.6 is 0 Å². The molecular weight excluding hydrogens is 767 g/mol. The minimum Gasteiger partial charge on any atom is -0.465 e. The lowest BCUT2D eigenvalue weighted by atomic mass is 10.0. The van der Waals surface area contributed by atoms with Crippen molar-refractivity contribution in [1.82, 2.24) is 5.32 Å². The number of nitrogens with one attached hydrogen (secondary N) is 1. The Balaban J connectivity index is 3.44. The van der Waals surface area contributed by atoms with Crippen molar-refractivity contribution in [3.05, 3.63) is 24.3 Å². The molecule has 0 aliphatic rings. The van der Waals surface area contributed by atoms with Crippen LogP contribution in [0.5, 0.6) is 0 Å². The van der Waals surface area contributed by atoms with E-state index in [1.54, 1.807) is 0 Å². The molecular formula is C56H107NO5. The fraction of sp³-hybridized carbons (Fsp3) is 0.893. The van der Waals surface area contributed by atoms with E-state index in [4.69, 9.17) is 4.74 Å². The van der Waals surface area contributed by atoms with E-state index < -0.39 is 12.1 Å². The summed E-state index contributed by atoms with van der Waals surface area (Å²) in [6, 6.07) is -0.543. The van der Waals surface area contributed by atoms with Crippen LogP contribution in [0.15, 0.2) is 24.3 Å². The number of allylic oxidation sites excluding steroid dienone is 3. The molecule has 3 N–H and O–H groups in total. The van der Waals surface area contributed by atoms with Gasteiger partial charge in [-0.15, -0.1) is 0 Å². The maximum Gasteiger partial charge on any atom is 0.305 e. The summed E-state index contributed by atoms with van der Waals surface area (Å²) in [5.41, 5.74) is 0. The molecule has 0 fully saturated rings. The average Bonchev–Trinajstić information content (AvgIpc) is 3.27. The number of aliphatic hydroxyl groups excluding tert-OH is 2. The molecule has 0 radical (unpaired) electrons. The van der Waals surface area contributed by atoms with Crippen LogP contribution in [-0.4, -0.2) is 47.4 Å². The number of aliphatic hydroxyl groups is 2. The standard InChI is InChI=1S/C56H107NO5/c1-3-5-7-9-11-13-15-25-30-34-38-42-46-50-56(61)62-51-47-43-39-35-31-27-24-22-20-18-16-17-19-21-23-26-29-33-37-41-45-49-55(60)57-53(52-58)54(59)48-44-40-36-32-28-14-12-10-8-6-4-2/h27,31,39,43,53-54,58-59H,3-26,28-30,32-38,40-42,44-52H2,1-2H3,(H,57,60)/b31-27-,43-39-. The third kappa shape index (κ3) is 47.8. The SMILES string of the molecule is CCCCCCCCCCCCCCCC(=O)OCC/C=C\C/C=C\CCCCCCCCCCCCCCCCC(=O)NC(CO)C(O)CCCCCCCCCCCCC. The molecule has 0 bridgehead atoms. The van der Waals surface area contributed by atoms with Crippen molar-refractivity contribution in [1.29, 1.82) is 0 Å². The van der Waals surface area contributed by atoms with E-state index in [1.165, 1.54) is 212 Å². The van der Waals surface area contributed by atoms with E-state index in [0.29, 0.717) is 25.9 Å². The topological polar surface area (TPSA) is 95.9 Å². The van der Waals surface area contributed by atoms with Crippen LogP contribution < -0.4 is 5.32 Å². The molecule has 0 aromatic heterocycles. The Morgan fingerprint density at radius 1 is 0.452 bits per heavy atom. The predicted octanol–water partition coefficient (Wildman–Crippen LogP) is 16.7. The minimum absolute atomic E-state index is 0.0338. The van der Waals surface area contributed by atoms with Crippen molar-refractivity contribution in [3.63, 3.8) is 0 Å².